The van der Waals surface area contributed by atoms with Crippen molar-refractivity contribution in [3.63, 3.8) is 0 Å². The summed E-state index contributed by atoms with van der Waals surface area (Å²) in [4.78, 5) is 2.91. The van der Waals surface area contributed by atoms with Crippen LogP contribution < -0.4 is 5.32 Å². The average Bonchev–Trinajstić information content (AvgIpc) is 3.12. The number of benzene rings is 1. The molecule has 3 heteroatoms. The van der Waals surface area contributed by atoms with E-state index in [1.54, 1.807) is 0 Å². The van der Waals surface area contributed by atoms with Crippen LogP contribution >= 0.6 is 22.7 Å². The summed E-state index contributed by atoms with van der Waals surface area (Å²) < 4.78 is 1.39. The van der Waals surface area contributed by atoms with E-state index < -0.39 is 0 Å². The predicted octanol–water partition coefficient (Wildman–Crippen LogP) is 5.25. The second-order valence-corrected chi connectivity index (χ2v) is 7.12. The van der Waals surface area contributed by atoms with Crippen LogP contribution in [0.5, 0.6) is 0 Å². The summed E-state index contributed by atoms with van der Waals surface area (Å²) in [6.45, 7) is 3.30. The molecule has 20 heavy (non-hydrogen) atoms. The third kappa shape index (κ3) is 3.11. The Kier molecular flexibility index (Phi) is 4.51. The van der Waals surface area contributed by atoms with Crippen molar-refractivity contribution in [1.82, 2.24) is 5.32 Å². The van der Waals surface area contributed by atoms with Gasteiger partial charge in [0.1, 0.15) is 0 Å². The van der Waals surface area contributed by atoms with Gasteiger partial charge >= 0.3 is 0 Å². The highest BCUT2D eigenvalue weighted by molar-refractivity contribution is 7.19. The maximum Gasteiger partial charge on any atom is 0.0464 e. The lowest BCUT2D eigenvalue weighted by Crippen LogP contribution is -2.22. The Morgan fingerprint density at radius 3 is 2.80 bits per heavy atom. The minimum atomic E-state index is 0.436. The van der Waals surface area contributed by atoms with Crippen LogP contribution in [-0.2, 0) is 6.42 Å². The molecular formula is C17H19NS2. The summed E-state index contributed by atoms with van der Waals surface area (Å²) in [7, 11) is 0. The van der Waals surface area contributed by atoms with Crippen molar-refractivity contribution in [1.29, 1.82) is 0 Å². The summed E-state index contributed by atoms with van der Waals surface area (Å²) in [5.74, 6) is 0. The number of thiophene rings is 2. The molecular weight excluding hydrogens is 282 g/mol. The molecule has 0 aliphatic carbocycles. The van der Waals surface area contributed by atoms with Gasteiger partial charge in [-0.3, -0.25) is 0 Å². The fourth-order valence-electron chi connectivity index (χ4n) is 2.40. The topological polar surface area (TPSA) is 12.0 Å². The molecule has 2 aromatic heterocycles. The van der Waals surface area contributed by atoms with E-state index >= 15 is 0 Å². The lowest BCUT2D eigenvalue weighted by molar-refractivity contribution is 0.540. The average molecular weight is 301 g/mol. The molecule has 0 radical (unpaired) electrons. The van der Waals surface area contributed by atoms with Crippen molar-refractivity contribution in [3.05, 3.63) is 57.6 Å². The van der Waals surface area contributed by atoms with Gasteiger partial charge in [0.15, 0.2) is 0 Å². The molecule has 3 rings (SSSR count). The van der Waals surface area contributed by atoms with Crippen molar-refractivity contribution < 1.29 is 0 Å². The van der Waals surface area contributed by atoms with E-state index in [0.29, 0.717) is 6.04 Å². The van der Waals surface area contributed by atoms with Gasteiger partial charge in [-0.1, -0.05) is 31.2 Å². The third-order valence-electron chi connectivity index (χ3n) is 3.41. The Hall–Kier alpha value is -1.16. The third-order valence-corrected chi connectivity index (χ3v) is 5.54. The number of hydrogen-bond donors (Lipinski definition) is 1. The van der Waals surface area contributed by atoms with E-state index in [1.165, 1.54) is 26.3 Å². The summed E-state index contributed by atoms with van der Waals surface area (Å²) in [5.41, 5.74) is 0. The van der Waals surface area contributed by atoms with Crippen LogP contribution in [0, 0.1) is 0 Å². The minimum Gasteiger partial charge on any atom is -0.309 e. The van der Waals surface area contributed by atoms with Crippen molar-refractivity contribution in [2.75, 3.05) is 6.54 Å². The van der Waals surface area contributed by atoms with Crippen LogP contribution in [0.4, 0.5) is 0 Å². The molecule has 0 spiro atoms. The van der Waals surface area contributed by atoms with E-state index in [4.69, 9.17) is 0 Å². The monoisotopic (exact) mass is 301 g/mol. The van der Waals surface area contributed by atoms with Crippen LogP contribution in [0.15, 0.2) is 47.8 Å². The maximum atomic E-state index is 3.70. The fourth-order valence-corrected chi connectivity index (χ4v) is 4.29. The second kappa shape index (κ2) is 6.53. The highest BCUT2D eigenvalue weighted by Crippen LogP contribution is 2.32. The van der Waals surface area contributed by atoms with Gasteiger partial charge in [-0.2, -0.15) is 0 Å². The van der Waals surface area contributed by atoms with Crippen LogP contribution in [0.1, 0.15) is 29.1 Å². The van der Waals surface area contributed by atoms with Gasteiger partial charge in [0.2, 0.25) is 0 Å². The molecule has 0 amide bonds. The normalized spacial score (nSPS) is 12.8. The number of hydrogen-bond acceptors (Lipinski definition) is 3. The summed E-state index contributed by atoms with van der Waals surface area (Å²) in [6.07, 6.45) is 2.26. The van der Waals surface area contributed by atoms with Crippen LogP contribution in [-0.4, -0.2) is 6.54 Å². The van der Waals surface area contributed by atoms with E-state index in [0.717, 1.165) is 13.0 Å². The summed E-state index contributed by atoms with van der Waals surface area (Å²) >= 11 is 3.77. The smallest absolute Gasteiger partial charge is 0.0464 e. The first-order valence-electron chi connectivity index (χ1n) is 7.11. The first-order chi connectivity index (χ1) is 9.86. The largest absolute Gasteiger partial charge is 0.309 e. The SMILES string of the molecule is CCCNC(Cc1cccs1)c1cc2ccccc2s1. The second-order valence-electron chi connectivity index (χ2n) is 4.98. The molecule has 0 aliphatic rings. The Balaban J connectivity index is 1.87. The standard InChI is InChI=1S/C17H19NS2/c1-2-9-18-15(12-14-7-5-10-19-14)17-11-13-6-3-4-8-16(13)20-17/h3-8,10-11,15,18H,2,9,12H2,1H3. The van der Waals surface area contributed by atoms with E-state index in [1.807, 2.05) is 22.7 Å². The van der Waals surface area contributed by atoms with Gasteiger partial charge in [-0.25, -0.2) is 0 Å². The zero-order valence-corrected chi connectivity index (χ0v) is 13.3. The molecule has 1 N–H and O–H groups in total. The van der Waals surface area contributed by atoms with Crippen molar-refractivity contribution in [2.45, 2.75) is 25.8 Å². The van der Waals surface area contributed by atoms with Crippen molar-refractivity contribution in [3.8, 4) is 0 Å². The first kappa shape index (κ1) is 13.8. The quantitative estimate of drug-likeness (QED) is 0.656. The maximum absolute atomic E-state index is 3.70. The van der Waals surface area contributed by atoms with Gasteiger partial charge in [0.05, 0.1) is 0 Å². The zero-order chi connectivity index (χ0) is 13.8. The predicted molar refractivity (Wildman–Crippen MR) is 90.9 cm³/mol. The Morgan fingerprint density at radius 1 is 1.15 bits per heavy atom. The molecule has 0 aliphatic heterocycles. The lowest BCUT2D eigenvalue weighted by atomic mass is 10.1. The van der Waals surface area contributed by atoms with Gasteiger partial charge in [0, 0.05) is 26.9 Å². The van der Waals surface area contributed by atoms with Gasteiger partial charge < -0.3 is 5.32 Å². The lowest BCUT2D eigenvalue weighted by Gasteiger charge is -2.16. The van der Waals surface area contributed by atoms with E-state index in [2.05, 4.69) is 60.1 Å². The highest BCUT2D eigenvalue weighted by atomic mass is 32.1. The molecule has 0 bridgehead atoms. The highest BCUT2D eigenvalue weighted by Gasteiger charge is 2.15. The Morgan fingerprint density at radius 2 is 2.05 bits per heavy atom. The molecule has 1 nitrogen and oxygen atoms in total. The summed E-state index contributed by atoms with van der Waals surface area (Å²) in [6, 6.07) is 15.8. The number of rotatable bonds is 6. The molecule has 1 atom stereocenters. The van der Waals surface area contributed by atoms with E-state index in [-0.39, 0.29) is 0 Å². The Labute approximate surface area is 128 Å². The Bertz CT molecular complexity index is 622. The zero-order valence-electron chi connectivity index (χ0n) is 11.6. The van der Waals surface area contributed by atoms with E-state index in [9.17, 15) is 0 Å². The molecule has 3 aromatic rings. The molecule has 0 saturated heterocycles. The van der Waals surface area contributed by atoms with Crippen LogP contribution in [0.25, 0.3) is 10.1 Å². The molecule has 1 unspecified atom stereocenters. The van der Waals surface area contributed by atoms with Gasteiger partial charge in [-0.15, -0.1) is 22.7 Å². The van der Waals surface area contributed by atoms with Crippen LogP contribution in [0.2, 0.25) is 0 Å². The number of fused-ring (bicyclic) bond motifs is 1. The summed E-state index contributed by atoms with van der Waals surface area (Å²) in [5, 5.41) is 7.23. The van der Waals surface area contributed by atoms with Crippen LogP contribution in [0.3, 0.4) is 0 Å². The molecule has 2 heterocycles. The fraction of sp³-hybridized carbons (Fsp3) is 0.294. The van der Waals surface area contributed by atoms with Crippen molar-refractivity contribution in [2.24, 2.45) is 0 Å². The van der Waals surface area contributed by atoms with Gasteiger partial charge in [0.25, 0.3) is 0 Å². The molecule has 0 saturated carbocycles. The first-order valence-corrected chi connectivity index (χ1v) is 8.80. The number of nitrogens with one attached hydrogen (secondary N) is 1. The molecule has 0 fully saturated rings. The van der Waals surface area contributed by atoms with Gasteiger partial charge in [-0.05, 0) is 41.9 Å². The molecule has 104 valence electrons. The van der Waals surface area contributed by atoms with Crippen molar-refractivity contribution >= 4 is 32.8 Å². The molecule has 1 aromatic carbocycles. The minimum absolute atomic E-state index is 0.436.